The molecular weight excluding hydrogens is 408 g/mol. The molecule has 0 spiro atoms. The van der Waals surface area contributed by atoms with E-state index in [0.29, 0.717) is 60.2 Å². The molecule has 6 nitrogen and oxygen atoms in total. The van der Waals surface area contributed by atoms with Gasteiger partial charge in [0.1, 0.15) is 23.0 Å². The van der Waals surface area contributed by atoms with E-state index in [1.165, 1.54) is 0 Å². The lowest BCUT2D eigenvalue weighted by atomic mass is 9.47. The summed E-state index contributed by atoms with van der Waals surface area (Å²) >= 11 is 0. The molecule has 0 N–H and O–H groups in total. The first-order chi connectivity index (χ1) is 15.6. The minimum Gasteiger partial charge on any atom is -0.494 e. The first-order valence-corrected chi connectivity index (χ1v) is 11.5. The van der Waals surface area contributed by atoms with Crippen LogP contribution in [0.1, 0.15) is 13.8 Å². The van der Waals surface area contributed by atoms with E-state index in [1.807, 2.05) is 38.1 Å². The number of carbonyl (C=O) groups excluding carboxylic acids is 2. The van der Waals surface area contributed by atoms with Crippen molar-refractivity contribution in [2.24, 2.45) is 46.3 Å². The Hall–Kier alpha value is -3.02. The monoisotopic (exact) mass is 432 g/mol. The summed E-state index contributed by atoms with van der Waals surface area (Å²) in [5.41, 5.74) is -0.667. The quantitative estimate of drug-likeness (QED) is 0.468. The molecule has 6 fully saturated rings. The summed E-state index contributed by atoms with van der Waals surface area (Å²) in [6.45, 7) is 5.06. The van der Waals surface area contributed by atoms with E-state index in [0.717, 1.165) is 11.5 Å². The molecule has 0 amide bonds. The Morgan fingerprint density at radius 3 is 1.16 bits per heavy atom. The first kappa shape index (κ1) is 18.5. The molecular formula is C26H24O6. The summed E-state index contributed by atoms with van der Waals surface area (Å²) in [7, 11) is 0. The molecule has 8 rings (SSSR count). The van der Waals surface area contributed by atoms with E-state index in [9.17, 15) is 9.59 Å². The third-order valence-corrected chi connectivity index (χ3v) is 8.81. The van der Waals surface area contributed by atoms with E-state index in [1.54, 1.807) is 24.3 Å². The summed E-state index contributed by atoms with van der Waals surface area (Å²) in [6.07, 6.45) is 0. The van der Waals surface area contributed by atoms with E-state index in [4.69, 9.17) is 18.9 Å². The number of carbonyl (C=O) groups is 2. The molecule has 0 unspecified atom stereocenters. The lowest BCUT2D eigenvalue weighted by Crippen LogP contribution is -2.61. The van der Waals surface area contributed by atoms with Gasteiger partial charge < -0.3 is 18.9 Å². The standard InChI is InChI=1S/C26H24O6/c1-3-29-13-5-9-15(10-6-13)31-23(27)25-17-19(25)20-18-21(25)22(17)26(18,20)24(28)32-16-11-7-14(8-12-16)30-4-2/h5-12,17-22H,3-4H2,1-2H3. The molecule has 6 heteroatoms. The van der Waals surface area contributed by atoms with E-state index < -0.39 is 0 Å². The minimum absolute atomic E-state index is 0.112. The number of hydrogen-bond acceptors (Lipinski definition) is 6. The Labute approximate surface area is 185 Å². The fraction of sp³-hybridized carbons (Fsp3) is 0.462. The highest BCUT2D eigenvalue weighted by atomic mass is 16.5. The van der Waals surface area contributed by atoms with Crippen LogP contribution in [0.5, 0.6) is 23.0 Å². The maximum Gasteiger partial charge on any atom is 0.318 e. The predicted molar refractivity (Wildman–Crippen MR) is 112 cm³/mol. The molecule has 0 bridgehead atoms. The van der Waals surface area contributed by atoms with Crippen molar-refractivity contribution < 1.29 is 28.5 Å². The summed E-state index contributed by atoms with van der Waals surface area (Å²) < 4.78 is 22.4. The van der Waals surface area contributed by atoms with Gasteiger partial charge in [0.2, 0.25) is 0 Å². The van der Waals surface area contributed by atoms with Crippen LogP contribution in [0.3, 0.4) is 0 Å². The van der Waals surface area contributed by atoms with Gasteiger partial charge in [-0.1, -0.05) is 0 Å². The molecule has 2 aromatic rings. The van der Waals surface area contributed by atoms with Gasteiger partial charge in [-0.05, 0) is 97.9 Å². The SMILES string of the molecule is CCOc1ccc(OC(=O)C23C4C2C2C5C3C4C52C(=O)Oc2ccc(OCC)cc2)cc1. The minimum atomic E-state index is -0.334. The van der Waals surface area contributed by atoms with Gasteiger partial charge in [-0.2, -0.15) is 0 Å². The molecule has 0 radical (unpaired) electrons. The maximum absolute atomic E-state index is 13.1. The Morgan fingerprint density at radius 1 is 0.594 bits per heavy atom. The molecule has 164 valence electrons. The molecule has 6 aliphatic rings. The number of ether oxygens (including phenoxy) is 4. The number of rotatable bonds is 8. The third-order valence-electron chi connectivity index (χ3n) is 8.81. The molecule has 32 heavy (non-hydrogen) atoms. The van der Waals surface area contributed by atoms with Crippen LogP contribution in [0.15, 0.2) is 48.5 Å². The van der Waals surface area contributed by atoms with E-state index >= 15 is 0 Å². The van der Waals surface area contributed by atoms with Gasteiger partial charge in [0.25, 0.3) is 0 Å². The van der Waals surface area contributed by atoms with Crippen LogP contribution >= 0.6 is 0 Å². The second kappa shape index (κ2) is 5.85. The van der Waals surface area contributed by atoms with Crippen LogP contribution in [0, 0.1) is 46.3 Å². The van der Waals surface area contributed by atoms with Crippen molar-refractivity contribution in [2.45, 2.75) is 13.8 Å². The molecule has 6 aliphatic carbocycles. The Bertz CT molecular complexity index is 1020. The van der Waals surface area contributed by atoms with Gasteiger partial charge in [-0.25, -0.2) is 0 Å². The smallest absolute Gasteiger partial charge is 0.318 e. The van der Waals surface area contributed by atoms with Crippen LogP contribution < -0.4 is 18.9 Å². The lowest BCUT2D eigenvalue weighted by Gasteiger charge is -2.54. The van der Waals surface area contributed by atoms with Gasteiger partial charge in [0.05, 0.1) is 24.0 Å². The second-order valence-electron chi connectivity index (χ2n) is 9.61. The normalized spacial score (nSPS) is 39.7. The molecule has 0 atom stereocenters. The number of esters is 2. The van der Waals surface area contributed by atoms with Crippen molar-refractivity contribution in [3.8, 4) is 23.0 Å². The van der Waals surface area contributed by atoms with Crippen molar-refractivity contribution >= 4 is 11.9 Å². The first-order valence-electron chi connectivity index (χ1n) is 11.5. The Balaban J connectivity index is 1.02. The fourth-order valence-electron chi connectivity index (χ4n) is 8.05. The van der Waals surface area contributed by atoms with Crippen LogP contribution in [0.2, 0.25) is 0 Å². The van der Waals surface area contributed by atoms with Crippen LogP contribution in [-0.2, 0) is 9.59 Å². The molecule has 6 saturated carbocycles. The zero-order valence-electron chi connectivity index (χ0n) is 17.9. The van der Waals surface area contributed by atoms with Gasteiger partial charge in [-0.15, -0.1) is 0 Å². The predicted octanol–water partition coefficient (Wildman–Crippen LogP) is 3.73. The summed E-state index contributed by atoms with van der Waals surface area (Å²) in [5.74, 6) is 4.18. The summed E-state index contributed by atoms with van der Waals surface area (Å²) in [4.78, 5) is 26.2. The van der Waals surface area contributed by atoms with Crippen LogP contribution in [-0.4, -0.2) is 25.2 Å². The topological polar surface area (TPSA) is 71.1 Å². The number of hydrogen-bond donors (Lipinski definition) is 0. The van der Waals surface area contributed by atoms with Crippen molar-refractivity contribution in [3.63, 3.8) is 0 Å². The zero-order chi connectivity index (χ0) is 21.8. The van der Waals surface area contributed by atoms with Gasteiger partial charge in [0.15, 0.2) is 0 Å². The molecule has 0 saturated heterocycles. The number of benzene rings is 2. The van der Waals surface area contributed by atoms with Crippen LogP contribution in [0.4, 0.5) is 0 Å². The average molecular weight is 432 g/mol. The van der Waals surface area contributed by atoms with E-state index in [2.05, 4.69) is 0 Å². The van der Waals surface area contributed by atoms with Gasteiger partial charge >= 0.3 is 11.9 Å². The summed E-state index contributed by atoms with van der Waals surface area (Å²) in [6, 6.07) is 14.4. The highest BCUT2D eigenvalue weighted by Gasteiger charge is 3.13. The molecule has 2 aromatic carbocycles. The van der Waals surface area contributed by atoms with Crippen molar-refractivity contribution in [2.75, 3.05) is 13.2 Å². The van der Waals surface area contributed by atoms with Gasteiger partial charge in [0, 0.05) is 0 Å². The largest absolute Gasteiger partial charge is 0.494 e. The Morgan fingerprint density at radius 2 is 0.875 bits per heavy atom. The highest BCUT2D eigenvalue weighted by molar-refractivity contribution is 5.98. The highest BCUT2D eigenvalue weighted by Crippen LogP contribution is 3.10. The van der Waals surface area contributed by atoms with Crippen molar-refractivity contribution in [1.29, 1.82) is 0 Å². The zero-order valence-corrected chi connectivity index (χ0v) is 17.9. The third kappa shape index (κ3) is 1.86. The molecule has 0 aliphatic heterocycles. The molecule has 0 aromatic heterocycles. The maximum atomic E-state index is 13.1. The molecule has 0 heterocycles. The fourth-order valence-corrected chi connectivity index (χ4v) is 8.05. The summed E-state index contributed by atoms with van der Waals surface area (Å²) in [5, 5.41) is 0. The van der Waals surface area contributed by atoms with Gasteiger partial charge in [-0.3, -0.25) is 9.59 Å². The van der Waals surface area contributed by atoms with E-state index in [-0.39, 0.29) is 22.8 Å². The average Bonchev–Trinajstić information content (AvgIpc) is 3.53. The van der Waals surface area contributed by atoms with Crippen molar-refractivity contribution in [3.05, 3.63) is 48.5 Å². The lowest BCUT2D eigenvalue weighted by molar-refractivity contribution is -0.182. The Kier molecular flexibility index (Phi) is 3.39. The van der Waals surface area contributed by atoms with Crippen molar-refractivity contribution in [1.82, 2.24) is 0 Å². The van der Waals surface area contributed by atoms with Crippen LogP contribution in [0.25, 0.3) is 0 Å². The second-order valence-corrected chi connectivity index (χ2v) is 9.61.